The summed E-state index contributed by atoms with van der Waals surface area (Å²) in [6, 6.07) is 3.22. The molecule has 0 aromatic heterocycles. The summed E-state index contributed by atoms with van der Waals surface area (Å²) in [6.07, 6.45) is 2.14. The van der Waals surface area contributed by atoms with Gasteiger partial charge in [-0.05, 0) is 31.9 Å². The van der Waals surface area contributed by atoms with E-state index in [0.717, 1.165) is 37.9 Å². The minimum Gasteiger partial charge on any atom is -0.392 e. The van der Waals surface area contributed by atoms with Crippen LogP contribution in [0, 0.1) is 11.6 Å². The van der Waals surface area contributed by atoms with E-state index in [-0.39, 0.29) is 18.2 Å². The zero-order valence-electron chi connectivity index (χ0n) is 12.3. The van der Waals surface area contributed by atoms with Crippen LogP contribution in [0.1, 0.15) is 44.3 Å². The molecule has 3 atom stereocenters. The van der Waals surface area contributed by atoms with Gasteiger partial charge in [0.15, 0.2) is 0 Å². The molecule has 21 heavy (non-hydrogen) atoms. The van der Waals surface area contributed by atoms with Crippen LogP contribution in [0.15, 0.2) is 18.2 Å². The number of halogens is 2. The quantitative estimate of drug-likeness (QED) is 0.878. The van der Waals surface area contributed by atoms with Crippen molar-refractivity contribution in [3.63, 3.8) is 0 Å². The van der Waals surface area contributed by atoms with Crippen LogP contribution in [-0.4, -0.2) is 40.3 Å². The van der Waals surface area contributed by atoms with Crippen molar-refractivity contribution in [1.82, 2.24) is 4.90 Å². The lowest BCUT2D eigenvalue weighted by molar-refractivity contribution is -0.00181. The van der Waals surface area contributed by atoms with Crippen LogP contribution in [0.5, 0.6) is 0 Å². The predicted octanol–water partition coefficient (Wildman–Crippen LogP) is 2.62. The average molecular weight is 299 g/mol. The number of aliphatic hydroxyl groups excluding tert-OH is 2. The predicted molar refractivity (Wildman–Crippen MR) is 76.8 cm³/mol. The van der Waals surface area contributed by atoms with E-state index in [4.69, 9.17) is 0 Å². The van der Waals surface area contributed by atoms with E-state index >= 15 is 0 Å². The molecule has 1 saturated heterocycles. The van der Waals surface area contributed by atoms with E-state index in [1.807, 2.05) is 11.8 Å². The summed E-state index contributed by atoms with van der Waals surface area (Å²) in [7, 11) is 0. The van der Waals surface area contributed by atoms with Crippen LogP contribution in [0.4, 0.5) is 8.78 Å². The van der Waals surface area contributed by atoms with Crippen molar-refractivity contribution in [2.75, 3.05) is 13.1 Å². The summed E-state index contributed by atoms with van der Waals surface area (Å²) in [4.78, 5) is 2.02. The second-order valence-corrected chi connectivity index (χ2v) is 5.72. The summed E-state index contributed by atoms with van der Waals surface area (Å²) in [6.45, 7) is 2.96. The normalized spacial score (nSPS) is 23.0. The Kier molecular flexibility index (Phi) is 5.67. The summed E-state index contributed by atoms with van der Waals surface area (Å²) < 4.78 is 26.6. The molecule has 1 aromatic rings. The molecule has 2 N–H and O–H groups in total. The van der Waals surface area contributed by atoms with E-state index in [0.29, 0.717) is 6.42 Å². The number of hydrogen-bond donors (Lipinski definition) is 2. The lowest BCUT2D eigenvalue weighted by Crippen LogP contribution is -2.48. The number of hydrogen-bond acceptors (Lipinski definition) is 3. The first kappa shape index (κ1) is 16.3. The Bertz CT molecular complexity index is 470. The summed E-state index contributed by atoms with van der Waals surface area (Å²) in [5.41, 5.74) is 0.103. The Morgan fingerprint density at radius 1 is 1.29 bits per heavy atom. The highest BCUT2D eigenvalue weighted by Gasteiger charge is 2.29. The van der Waals surface area contributed by atoms with Crippen LogP contribution >= 0.6 is 0 Å². The molecule has 0 bridgehead atoms. The maximum atomic E-state index is 13.7. The molecule has 0 aliphatic carbocycles. The number of benzene rings is 1. The van der Waals surface area contributed by atoms with Crippen molar-refractivity contribution in [1.29, 1.82) is 0 Å². The molecular weight excluding hydrogens is 276 g/mol. The minimum atomic E-state index is -1.02. The molecule has 1 heterocycles. The molecule has 118 valence electrons. The first-order chi connectivity index (χ1) is 10.0. The number of β-amino-alcohol motifs (C(OH)–C–C–N with tert-alkyl or cyclic N) is 1. The molecule has 1 aromatic carbocycles. The Labute approximate surface area is 124 Å². The maximum Gasteiger partial charge on any atom is 0.131 e. The fourth-order valence-electron chi connectivity index (χ4n) is 3.04. The monoisotopic (exact) mass is 299 g/mol. The standard InChI is InChI=1S/C16H23F2NO2/c1-2-15(20)14-5-3-4-8-19(14)10-16(21)12-7-6-11(17)9-13(12)18/h6-7,9,14-16,20-21H,2-5,8,10H2,1H3. The molecule has 2 rings (SSSR count). The van der Waals surface area contributed by atoms with Crippen LogP contribution in [0.25, 0.3) is 0 Å². The van der Waals surface area contributed by atoms with Crippen molar-refractivity contribution in [2.45, 2.75) is 50.9 Å². The largest absolute Gasteiger partial charge is 0.392 e. The highest BCUT2D eigenvalue weighted by atomic mass is 19.1. The molecular formula is C16H23F2NO2. The molecule has 0 amide bonds. The minimum absolute atomic E-state index is 0.00177. The van der Waals surface area contributed by atoms with Gasteiger partial charge < -0.3 is 10.2 Å². The molecule has 0 saturated carbocycles. The average Bonchev–Trinajstić information content (AvgIpc) is 2.46. The number of aliphatic hydroxyl groups is 2. The smallest absolute Gasteiger partial charge is 0.131 e. The summed E-state index contributed by atoms with van der Waals surface area (Å²) in [5, 5.41) is 20.3. The van der Waals surface area contributed by atoms with E-state index < -0.39 is 23.8 Å². The fraction of sp³-hybridized carbons (Fsp3) is 0.625. The van der Waals surface area contributed by atoms with Gasteiger partial charge in [-0.3, -0.25) is 4.90 Å². The zero-order chi connectivity index (χ0) is 15.4. The number of nitrogens with zero attached hydrogens (tertiary/aromatic N) is 1. The van der Waals surface area contributed by atoms with Crippen LogP contribution in [0.3, 0.4) is 0 Å². The second-order valence-electron chi connectivity index (χ2n) is 5.72. The van der Waals surface area contributed by atoms with Gasteiger partial charge in [0.05, 0.1) is 12.2 Å². The van der Waals surface area contributed by atoms with E-state index in [1.54, 1.807) is 0 Å². The highest BCUT2D eigenvalue weighted by molar-refractivity contribution is 5.21. The van der Waals surface area contributed by atoms with Crippen molar-refractivity contribution in [3.05, 3.63) is 35.4 Å². The molecule has 1 fully saturated rings. The Balaban J connectivity index is 2.07. The van der Waals surface area contributed by atoms with Crippen molar-refractivity contribution < 1.29 is 19.0 Å². The Morgan fingerprint density at radius 3 is 2.71 bits per heavy atom. The first-order valence-electron chi connectivity index (χ1n) is 7.58. The van der Waals surface area contributed by atoms with E-state index in [9.17, 15) is 19.0 Å². The Morgan fingerprint density at radius 2 is 2.05 bits per heavy atom. The van der Waals surface area contributed by atoms with Gasteiger partial charge in [-0.25, -0.2) is 8.78 Å². The van der Waals surface area contributed by atoms with Crippen LogP contribution in [-0.2, 0) is 0 Å². The molecule has 0 spiro atoms. The van der Waals surface area contributed by atoms with Crippen molar-refractivity contribution in [3.8, 4) is 0 Å². The van der Waals surface area contributed by atoms with Gasteiger partial charge in [-0.2, -0.15) is 0 Å². The number of piperidine rings is 1. The second kappa shape index (κ2) is 7.29. The first-order valence-corrected chi connectivity index (χ1v) is 7.58. The number of rotatable bonds is 5. The molecule has 1 aliphatic rings. The van der Waals surface area contributed by atoms with E-state index in [1.165, 1.54) is 6.07 Å². The van der Waals surface area contributed by atoms with E-state index in [2.05, 4.69) is 0 Å². The fourth-order valence-corrected chi connectivity index (χ4v) is 3.04. The van der Waals surface area contributed by atoms with Gasteiger partial charge >= 0.3 is 0 Å². The van der Waals surface area contributed by atoms with Crippen molar-refractivity contribution in [2.24, 2.45) is 0 Å². The topological polar surface area (TPSA) is 43.7 Å². The molecule has 1 aliphatic heterocycles. The molecule has 3 unspecified atom stereocenters. The van der Waals surface area contributed by atoms with Gasteiger partial charge in [0.25, 0.3) is 0 Å². The third-order valence-corrected chi connectivity index (χ3v) is 4.26. The number of likely N-dealkylation sites (tertiary alicyclic amines) is 1. The van der Waals surface area contributed by atoms with Gasteiger partial charge in [0.2, 0.25) is 0 Å². The third kappa shape index (κ3) is 3.99. The summed E-state index contributed by atoms with van der Waals surface area (Å²) in [5.74, 6) is -1.38. The SMILES string of the molecule is CCC(O)C1CCCCN1CC(O)c1ccc(F)cc1F. The van der Waals surface area contributed by atoms with Crippen molar-refractivity contribution >= 4 is 0 Å². The summed E-state index contributed by atoms with van der Waals surface area (Å²) >= 11 is 0. The highest BCUT2D eigenvalue weighted by Crippen LogP contribution is 2.25. The van der Waals surface area contributed by atoms with Gasteiger partial charge in [0, 0.05) is 24.2 Å². The molecule has 3 nitrogen and oxygen atoms in total. The zero-order valence-corrected chi connectivity index (χ0v) is 12.3. The van der Waals surface area contributed by atoms with Gasteiger partial charge in [-0.1, -0.05) is 19.4 Å². The van der Waals surface area contributed by atoms with Crippen LogP contribution in [0.2, 0.25) is 0 Å². The third-order valence-electron chi connectivity index (χ3n) is 4.26. The van der Waals surface area contributed by atoms with Gasteiger partial charge in [0.1, 0.15) is 11.6 Å². The molecule has 5 heteroatoms. The lowest BCUT2D eigenvalue weighted by Gasteiger charge is -2.39. The van der Waals surface area contributed by atoms with Crippen LogP contribution < -0.4 is 0 Å². The molecule has 0 radical (unpaired) electrons. The maximum absolute atomic E-state index is 13.7. The Hall–Kier alpha value is -1.04. The van der Waals surface area contributed by atoms with Gasteiger partial charge in [-0.15, -0.1) is 0 Å². The lowest BCUT2D eigenvalue weighted by atomic mass is 9.95.